The molecule has 0 unspecified atom stereocenters. The molecule has 0 aliphatic rings. The van der Waals surface area contributed by atoms with E-state index in [0.29, 0.717) is 5.95 Å². The van der Waals surface area contributed by atoms with E-state index in [9.17, 15) is 0 Å². The number of anilines is 1. The summed E-state index contributed by atoms with van der Waals surface area (Å²) in [5, 5.41) is 4.34. The second kappa shape index (κ2) is 5.32. The molecule has 0 radical (unpaired) electrons. The topological polar surface area (TPSA) is 68.0 Å². The lowest BCUT2D eigenvalue weighted by Crippen LogP contribution is -2.05. The number of hydrogen-bond acceptors (Lipinski definition) is 5. The Morgan fingerprint density at radius 3 is 2.90 bits per heavy atom. The summed E-state index contributed by atoms with van der Waals surface area (Å²) < 4.78 is 1.98. The van der Waals surface area contributed by atoms with Gasteiger partial charge in [0, 0.05) is 13.2 Å². The van der Waals surface area contributed by atoms with Gasteiger partial charge in [0.1, 0.15) is 6.33 Å². The van der Waals surface area contributed by atoms with Crippen LogP contribution in [0.25, 0.3) is 11.0 Å². The summed E-state index contributed by atoms with van der Waals surface area (Å²) >= 11 is 0. The molecule has 3 aromatic rings. The van der Waals surface area contributed by atoms with E-state index in [-0.39, 0.29) is 0 Å². The fourth-order valence-electron chi connectivity index (χ4n) is 2.11. The number of nitrogens with zero attached hydrogens (tertiary/aromatic N) is 5. The summed E-state index contributed by atoms with van der Waals surface area (Å²) in [5.74, 6) is 0.698. The highest BCUT2D eigenvalue weighted by Crippen LogP contribution is 2.19. The SMILES string of the molecule is C/C(=N\Nc1nc2cc(C)ccc2n1C)c1ccncn1. The van der Waals surface area contributed by atoms with Crippen LogP contribution in [0.5, 0.6) is 0 Å². The molecule has 0 spiro atoms. The molecule has 2 heterocycles. The number of hydrazone groups is 1. The zero-order valence-electron chi connectivity index (χ0n) is 12.2. The second-order valence-corrected chi connectivity index (χ2v) is 4.89. The standard InChI is InChI=1S/C15H16N6/c1-10-4-5-14-13(8-10)18-15(21(14)3)20-19-11(2)12-6-7-16-9-17-12/h4-9H,1-3H3,(H,18,20)/b19-11+. The molecule has 0 saturated heterocycles. The third kappa shape index (κ3) is 2.60. The minimum atomic E-state index is 0.698. The van der Waals surface area contributed by atoms with E-state index in [1.165, 1.54) is 11.9 Å². The summed E-state index contributed by atoms with van der Waals surface area (Å²) in [7, 11) is 1.96. The summed E-state index contributed by atoms with van der Waals surface area (Å²) in [6.07, 6.45) is 3.20. The first kappa shape index (κ1) is 13.2. The van der Waals surface area contributed by atoms with E-state index in [4.69, 9.17) is 0 Å². The molecule has 1 N–H and O–H groups in total. The lowest BCUT2D eigenvalue weighted by atomic mass is 10.2. The Morgan fingerprint density at radius 2 is 2.14 bits per heavy atom. The number of benzene rings is 1. The van der Waals surface area contributed by atoms with Crippen molar-refractivity contribution in [3.63, 3.8) is 0 Å². The lowest BCUT2D eigenvalue weighted by Gasteiger charge is -2.03. The summed E-state index contributed by atoms with van der Waals surface area (Å²) in [5.41, 5.74) is 7.77. The number of nitrogens with one attached hydrogen (secondary N) is 1. The van der Waals surface area contributed by atoms with Crippen LogP contribution in [-0.4, -0.2) is 25.2 Å². The fourth-order valence-corrected chi connectivity index (χ4v) is 2.11. The first-order valence-corrected chi connectivity index (χ1v) is 6.65. The van der Waals surface area contributed by atoms with Crippen molar-refractivity contribution in [2.75, 3.05) is 5.43 Å². The van der Waals surface area contributed by atoms with Crippen molar-refractivity contribution in [1.29, 1.82) is 0 Å². The third-order valence-corrected chi connectivity index (χ3v) is 3.31. The van der Waals surface area contributed by atoms with Crippen LogP contribution in [0.3, 0.4) is 0 Å². The molecular weight excluding hydrogens is 264 g/mol. The average molecular weight is 280 g/mol. The Kier molecular flexibility index (Phi) is 3.35. The number of rotatable bonds is 3. The molecule has 0 bridgehead atoms. The maximum Gasteiger partial charge on any atom is 0.224 e. The Hall–Kier alpha value is -2.76. The predicted molar refractivity (Wildman–Crippen MR) is 83.3 cm³/mol. The van der Waals surface area contributed by atoms with Gasteiger partial charge >= 0.3 is 0 Å². The van der Waals surface area contributed by atoms with Gasteiger partial charge in [-0.2, -0.15) is 5.10 Å². The quantitative estimate of drug-likeness (QED) is 0.591. The van der Waals surface area contributed by atoms with Gasteiger partial charge in [0.25, 0.3) is 0 Å². The van der Waals surface area contributed by atoms with Gasteiger partial charge in [0.15, 0.2) is 0 Å². The van der Waals surface area contributed by atoms with E-state index >= 15 is 0 Å². The van der Waals surface area contributed by atoms with Gasteiger partial charge < -0.3 is 4.57 Å². The summed E-state index contributed by atoms with van der Waals surface area (Å²) in [4.78, 5) is 12.6. The molecular formula is C15H16N6. The van der Waals surface area contributed by atoms with Crippen LogP contribution in [0.4, 0.5) is 5.95 Å². The number of hydrogen-bond donors (Lipinski definition) is 1. The molecule has 1 aromatic carbocycles. The van der Waals surface area contributed by atoms with Gasteiger partial charge in [-0.05, 0) is 37.6 Å². The van der Waals surface area contributed by atoms with Crippen molar-refractivity contribution in [3.8, 4) is 0 Å². The van der Waals surface area contributed by atoms with Crippen LogP contribution in [0.2, 0.25) is 0 Å². The summed E-state index contributed by atoms with van der Waals surface area (Å²) in [6, 6.07) is 8.01. The van der Waals surface area contributed by atoms with Crippen LogP contribution in [0, 0.1) is 6.92 Å². The van der Waals surface area contributed by atoms with Crippen molar-refractivity contribution < 1.29 is 0 Å². The minimum Gasteiger partial charge on any atom is -0.312 e. The first-order chi connectivity index (χ1) is 10.1. The van der Waals surface area contributed by atoms with Crippen LogP contribution in [0.1, 0.15) is 18.2 Å². The Bertz CT molecular complexity index is 804. The van der Waals surface area contributed by atoms with E-state index in [1.807, 2.05) is 24.6 Å². The van der Waals surface area contributed by atoms with Gasteiger partial charge in [0.2, 0.25) is 5.95 Å². The molecule has 0 saturated carbocycles. The molecule has 3 rings (SSSR count). The van der Waals surface area contributed by atoms with Gasteiger partial charge in [-0.25, -0.2) is 20.4 Å². The van der Waals surface area contributed by atoms with Crippen molar-refractivity contribution >= 4 is 22.7 Å². The second-order valence-electron chi connectivity index (χ2n) is 4.89. The zero-order valence-corrected chi connectivity index (χ0v) is 12.2. The smallest absolute Gasteiger partial charge is 0.224 e. The van der Waals surface area contributed by atoms with Crippen molar-refractivity contribution in [1.82, 2.24) is 19.5 Å². The van der Waals surface area contributed by atoms with Crippen LogP contribution in [-0.2, 0) is 7.05 Å². The molecule has 6 heteroatoms. The maximum absolute atomic E-state index is 4.55. The molecule has 0 aliphatic heterocycles. The highest BCUT2D eigenvalue weighted by atomic mass is 15.4. The van der Waals surface area contributed by atoms with E-state index in [0.717, 1.165) is 22.4 Å². The Labute approximate surface area is 122 Å². The van der Waals surface area contributed by atoms with Crippen LogP contribution >= 0.6 is 0 Å². The number of aromatic nitrogens is 4. The van der Waals surface area contributed by atoms with Gasteiger partial charge in [-0.15, -0.1) is 0 Å². The highest BCUT2D eigenvalue weighted by Gasteiger charge is 2.07. The van der Waals surface area contributed by atoms with Gasteiger partial charge in [-0.1, -0.05) is 6.07 Å². The largest absolute Gasteiger partial charge is 0.312 e. The van der Waals surface area contributed by atoms with Crippen molar-refractivity contribution in [2.45, 2.75) is 13.8 Å². The molecule has 21 heavy (non-hydrogen) atoms. The van der Waals surface area contributed by atoms with E-state index in [1.54, 1.807) is 6.20 Å². The van der Waals surface area contributed by atoms with E-state index < -0.39 is 0 Å². The number of aryl methyl sites for hydroxylation is 2. The molecule has 6 nitrogen and oxygen atoms in total. The molecule has 106 valence electrons. The van der Waals surface area contributed by atoms with Crippen LogP contribution < -0.4 is 5.43 Å². The number of imidazole rings is 1. The van der Waals surface area contributed by atoms with Crippen molar-refractivity contribution in [3.05, 3.63) is 48.0 Å². The molecule has 0 fully saturated rings. The monoisotopic (exact) mass is 280 g/mol. The summed E-state index contributed by atoms with van der Waals surface area (Å²) in [6.45, 7) is 3.95. The average Bonchev–Trinajstić information content (AvgIpc) is 2.81. The fraction of sp³-hybridized carbons (Fsp3) is 0.200. The zero-order chi connectivity index (χ0) is 14.8. The first-order valence-electron chi connectivity index (χ1n) is 6.65. The highest BCUT2D eigenvalue weighted by molar-refractivity contribution is 5.97. The van der Waals surface area contributed by atoms with Crippen LogP contribution in [0.15, 0.2) is 41.9 Å². The lowest BCUT2D eigenvalue weighted by molar-refractivity contribution is 0.941. The predicted octanol–water partition coefficient (Wildman–Crippen LogP) is 2.51. The van der Waals surface area contributed by atoms with E-state index in [2.05, 4.69) is 50.6 Å². The Morgan fingerprint density at radius 1 is 1.29 bits per heavy atom. The van der Waals surface area contributed by atoms with Crippen molar-refractivity contribution in [2.24, 2.45) is 12.1 Å². The molecule has 2 aromatic heterocycles. The van der Waals surface area contributed by atoms with Gasteiger partial charge in [-0.3, -0.25) is 0 Å². The van der Waals surface area contributed by atoms with Gasteiger partial charge in [0.05, 0.1) is 22.4 Å². The third-order valence-electron chi connectivity index (χ3n) is 3.31. The molecule has 0 atom stereocenters. The number of fused-ring (bicyclic) bond motifs is 1. The minimum absolute atomic E-state index is 0.698. The normalized spacial score (nSPS) is 11.9. The molecule has 0 amide bonds. The molecule has 0 aliphatic carbocycles. The Balaban J connectivity index is 1.90. The maximum atomic E-state index is 4.55.